The molecule has 0 bridgehead atoms. The molecule has 1 aromatic rings. The Morgan fingerprint density at radius 2 is 2.00 bits per heavy atom. The van der Waals surface area contributed by atoms with Crippen molar-refractivity contribution in [3.8, 4) is 0 Å². The smallest absolute Gasteiger partial charge is 0.240 e. The number of carbonyl (C=O) groups is 2. The summed E-state index contributed by atoms with van der Waals surface area (Å²) in [6, 6.07) is 7.30. The standard InChI is InChI=1S/C18H27N3O3/c1-12(2)10-15(22)19-11-16(23)20-17-14-7-5-4-6-13(14)8-9-21(3)18(17)24/h4-7,12,17-18,24H,8-11H2,1-3H3,(H,19,22)(H,20,23)/t17-,18-/m0/s1. The number of amides is 2. The fourth-order valence-electron chi connectivity index (χ4n) is 2.91. The number of likely N-dealkylation sites (N-methyl/N-ethyl adjacent to an activating group) is 1. The number of aliphatic hydroxyl groups is 1. The highest BCUT2D eigenvalue weighted by atomic mass is 16.3. The highest BCUT2D eigenvalue weighted by Crippen LogP contribution is 2.26. The Morgan fingerprint density at radius 1 is 1.29 bits per heavy atom. The zero-order valence-corrected chi connectivity index (χ0v) is 14.6. The van der Waals surface area contributed by atoms with Crippen molar-refractivity contribution in [3.05, 3.63) is 35.4 Å². The fraction of sp³-hybridized carbons (Fsp3) is 0.556. The minimum atomic E-state index is -0.802. The van der Waals surface area contributed by atoms with Crippen LogP contribution in [-0.2, 0) is 16.0 Å². The van der Waals surface area contributed by atoms with Gasteiger partial charge in [0.25, 0.3) is 0 Å². The summed E-state index contributed by atoms with van der Waals surface area (Å²) in [6.45, 7) is 4.54. The van der Waals surface area contributed by atoms with Crippen molar-refractivity contribution < 1.29 is 14.7 Å². The predicted octanol–water partition coefficient (Wildman–Crippen LogP) is 0.812. The predicted molar refractivity (Wildman–Crippen MR) is 92.1 cm³/mol. The number of nitrogens with one attached hydrogen (secondary N) is 2. The van der Waals surface area contributed by atoms with Crippen molar-refractivity contribution in [1.82, 2.24) is 15.5 Å². The van der Waals surface area contributed by atoms with Crippen molar-refractivity contribution in [1.29, 1.82) is 0 Å². The van der Waals surface area contributed by atoms with Gasteiger partial charge in [-0.1, -0.05) is 38.1 Å². The monoisotopic (exact) mass is 333 g/mol. The molecule has 6 nitrogen and oxygen atoms in total. The number of hydrogen-bond acceptors (Lipinski definition) is 4. The van der Waals surface area contributed by atoms with E-state index in [1.54, 1.807) is 0 Å². The molecule has 0 saturated heterocycles. The van der Waals surface area contributed by atoms with E-state index in [0.29, 0.717) is 6.42 Å². The normalized spacial score (nSPS) is 21.0. The second kappa shape index (κ2) is 8.26. The van der Waals surface area contributed by atoms with Crippen molar-refractivity contribution in [3.63, 3.8) is 0 Å². The van der Waals surface area contributed by atoms with Gasteiger partial charge in [0.2, 0.25) is 11.8 Å². The summed E-state index contributed by atoms with van der Waals surface area (Å²) in [5, 5.41) is 16.0. The molecule has 2 atom stereocenters. The minimum absolute atomic E-state index is 0.0827. The number of fused-ring (bicyclic) bond motifs is 1. The van der Waals surface area contributed by atoms with Crippen LogP contribution >= 0.6 is 0 Å². The first kappa shape index (κ1) is 18.4. The summed E-state index contributed by atoms with van der Waals surface area (Å²) in [5.74, 6) is -0.197. The van der Waals surface area contributed by atoms with E-state index in [-0.39, 0.29) is 24.3 Å². The molecular weight excluding hydrogens is 306 g/mol. The van der Waals surface area contributed by atoms with Crippen LogP contribution in [0.3, 0.4) is 0 Å². The molecular formula is C18H27N3O3. The van der Waals surface area contributed by atoms with Crippen molar-refractivity contribution in [2.45, 2.75) is 39.0 Å². The minimum Gasteiger partial charge on any atom is -0.376 e. The molecule has 2 amide bonds. The molecule has 0 fully saturated rings. The summed E-state index contributed by atoms with van der Waals surface area (Å²) in [4.78, 5) is 25.7. The Balaban J connectivity index is 2.03. The molecule has 0 unspecified atom stereocenters. The fourth-order valence-corrected chi connectivity index (χ4v) is 2.91. The first-order chi connectivity index (χ1) is 11.4. The Bertz CT molecular complexity index is 589. The van der Waals surface area contributed by atoms with Gasteiger partial charge in [0, 0.05) is 13.0 Å². The lowest BCUT2D eigenvalue weighted by Gasteiger charge is -2.29. The van der Waals surface area contributed by atoms with Crippen LogP contribution in [0.5, 0.6) is 0 Å². The van der Waals surface area contributed by atoms with Crippen LogP contribution in [0.1, 0.15) is 37.4 Å². The third-order valence-corrected chi connectivity index (χ3v) is 4.23. The summed E-state index contributed by atoms with van der Waals surface area (Å²) < 4.78 is 0. The van der Waals surface area contributed by atoms with Crippen LogP contribution in [0.25, 0.3) is 0 Å². The van der Waals surface area contributed by atoms with Crippen LogP contribution in [0.4, 0.5) is 0 Å². The Labute approximate surface area is 143 Å². The van der Waals surface area contributed by atoms with E-state index in [0.717, 1.165) is 24.1 Å². The molecule has 1 aliphatic heterocycles. The lowest BCUT2D eigenvalue weighted by molar-refractivity contribution is -0.128. The molecule has 6 heteroatoms. The maximum atomic E-state index is 12.2. The summed E-state index contributed by atoms with van der Waals surface area (Å²) in [6.07, 6.45) is 0.413. The summed E-state index contributed by atoms with van der Waals surface area (Å²) >= 11 is 0. The zero-order valence-electron chi connectivity index (χ0n) is 14.6. The molecule has 0 radical (unpaired) electrons. The first-order valence-corrected chi connectivity index (χ1v) is 8.40. The largest absolute Gasteiger partial charge is 0.376 e. The molecule has 0 spiro atoms. The maximum Gasteiger partial charge on any atom is 0.240 e. The highest BCUT2D eigenvalue weighted by Gasteiger charge is 2.30. The Hall–Kier alpha value is -1.92. The average Bonchev–Trinajstić information content (AvgIpc) is 2.65. The van der Waals surface area contributed by atoms with Crippen LogP contribution in [0, 0.1) is 5.92 Å². The van der Waals surface area contributed by atoms with Gasteiger partial charge in [0.1, 0.15) is 6.23 Å². The summed E-state index contributed by atoms with van der Waals surface area (Å²) in [7, 11) is 1.83. The Morgan fingerprint density at radius 3 is 2.71 bits per heavy atom. The van der Waals surface area contributed by atoms with Crippen LogP contribution in [0.2, 0.25) is 0 Å². The van der Waals surface area contributed by atoms with E-state index in [1.165, 1.54) is 0 Å². The van der Waals surface area contributed by atoms with Gasteiger partial charge in [-0.3, -0.25) is 14.5 Å². The van der Waals surface area contributed by atoms with Crippen molar-refractivity contribution in [2.24, 2.45) is 5.92 Å². The Kier molecular flexibility index (Phi) is 6.34. The molecule has 1 heterocycles. The third kappa shape index (κ3) is 4.79. The van der Waals surface area contributed by atoms with Gasteiger partial charge >= 0.3 is 0 Å². The second-order valence-electron chi connectivity index (χ2n) is 6.76. The van der Waals surface area contributed by atoms with Crippen LogP contribution in [0.15, 0.2) is 24.3 Å². The van der Waals surface area contributed by atoms with Gasteiger partial charge in [0.15, 0.2) is 0 Å². The molecule has 24 heavy (non-hydrogen) atoms. The van der Waals surface area contributed by atoms with Crippen LogP contribution < -0.4 is 10.6 Å². The van der Waals surface area contributed by atoms with E-state index < -0.39 is 12.3 Å². The van der Waals surface area contributed by atoms with E-state index in [9.17, 15) is 14.7 Å². The molecule has 2 rings (SSSR count). The molecule has 0 saturated carbocycles. The number of carbonyl (C=O) groups excluding carboxylic acids is 2. The SMILES string of the molecule is CC(C)CC(=O)NCC(=O)N[C@H]1c2ccccc2CCN(C)[C@H]1O. The van der Waals surface area contributed by atoms with E-state index in [4.69, 9.17) is 0 Å². The number of hydrogen-bond donors (Lipinski definition) is 3. The van der Waals surface area contributed by atoms with Gasteiger partial charge in [-0.2, -0.15) is 0 Å². The topological polar surface area (TPSA) is 81.7 Å². The maximum absolute atomic E-state index is 12.2. The number of benzene rings is 1. The average molecular weight is 333 g/mol. The number of rotatable bonds is 5. The quantitative estimate of drug-likeness (QED) is 0.745. The van der Waals surface area contributed by atoms with Gasteiger partial charge in [-0.05, 0) is 30.5 Å². The second-order valence-corrected chi connectivity index (χ2v) is 6.76. The summed E-state index contributed by atoms with van der Waals surface area (Å²) in [5.41, 5.74) is 2.05. The first-order valence-electron chi connectivity index (χ1n) is 8.40. The van der Waals surface area contributed by atoms with Crippen LogP contribution in [-0.4, -0.2) is 48.2 Å². The lowest BCUT2D eigenvalue weighted by Crippen LogP contribution is -2.46. The number of aliphatic hydroxyl groups excluding tert-OH is 1. The molecule has 0 aromatic heterocycles. The third-order valence-electron chi connectivity index (χ3n) is 4.23. The van der Waals surface area contributed by atoms with Gasteiger partial charge < -0.3 is 15.7 Å². The van der Waals surface area contributed by atoms with Gasteiger partial charge in [-0.15, -0.1) is 0 Å². The van der Waals surface area contributed by atoms with E-state index in [2.05, 4.69) is 10.6 Å². The lowest BCUT2D eigenvalue weighted by atomic mass is 9.98. The van der Waals surface area contributed by atoms with Crippen molar-refractivity contribution >= 4 is 11.8 Å². The molecule has 1 aromatic carbocycles. The zero-order chi connectivity index (χ0) is 17.7. The molecule has 1 aliphatic rings. The molecule has 3 N–H and O–H groups in total. The molecule has 0 aliphatic carbocycles. The molecule has 132 valence electrons. The van der Waals surface area contributed by atoms with E-state index >= 15 is 0 Å². The van der Waals surface area contributed by atoms with Crippen molar-refractivity contribution in [2.75, 3.05) is 20.1 Å². The number of nitrogens with zero attached hydrogens (tertiary/aromatic N) is 1. The highest BCUT2D eigenvalue weighted by molar-refractivity contribution is 5.85. The van der Waals surface area contributed by atoms with Gasteiger partial charge in [0.05, 0.1) is 12.6 Å². The van der Waals surface area contributed by atoms with E-state index in [1.807, 2.05) is 50.1 Å². The van der Waals surface area contributed by atoms with Gasteiger partial charge in [-0.25, -0.2) is 0 Å².